The standard InChI is InChI=1S/C26H33N5O3S/c1-18-7-12-25-24(17-18)28-29-31(25)21-13-15-30(16-14-21)35(33,34)22-10-8-20(9-11-22)26(32)27-23-6-4-3-5-19(23)2/h7-12,17,19,21,23H,3-6,13-16H2,1-2H3,(H,27,32)/t19-,23+/m1/s1. The van der Waals surface area contributed by atoms with Crippen LogP contribution in [0.2, 0.25) is 0 Å². The van der Waals surface area contributed by atoms with Gasteiger partial charge in [0.15, 0.2) is 0 Å². The monoisotopic (exact) mass is 495 g/mol. The first-order valence-corrected chi connectivity index (χ1v) is 14.0. The number of carbonyl (C=O) groups excluding carboxylic acids is 1. The van der Waals surface area contributed by atoms with Crippen LogP contribution in [-0.2, 0) is 10.0 Å². The van der Waals surface area contributed by atoms with Gasteiger partial charge in [0.1, 0.15) is 5.52 Å². The second kappa shape index (κ2) is 9.70. The molecule has 1 amide bonds. The normalized spacial score (nSPS) is 22.3. The fraction of sp³-hybridized carbons (Fsp3) is 0.500. The molecule has 1 N–H and O–H groups in total. The van der Waals surface area contributed by atoms with Gasteiger partial charge in [-0.2, -0.15) is 4.31 Å². The summed E-state index contributed by atoms with van der Waals surface area (Å²) in [7, 11) is -3.62. The predicted molar refractivity (Wildman–Crippen MR) is 135 cm³/mol. The average Bonchev–Trinajstić information content (AvgIpc) is 3.28. The Bertz CT molecular complexity index is 1310. The largest absolute Gasteiger partial charge is 0.349 e. The van der Waals surface area contributed by atoms with Crippen LogP contribution < -0.4 is 5.32 Å². The summed E-state index contributed by atoms with van der Waals surface area (Å²) in [5.41, 5.74) is 3.47. The van der Waals surface area contributed by atoms with Gasteiger partial charge in [0.25, 0.3) is 5.91 Å². The van der Waals surface area contributed by atoms with Crippen LogP contribution in [0.1, 0.15) is 67.4 Å². The Hall–Kier alpha value is -2.78. The Morgan fingerprint density at radius 3 is 2.43 bits per heavy atom. The molecule has 0 unspecified atom stereocenters. The van der Waals surface area contributed by atoms with Crippen LogP contribution in [0.3, 0.4) is 0 Å². The number of hydrogen-bond acceptors (Lipinski definition) is 5. The molecule has 2 fully saturated rings. The van der Waals surface area contributed by atoms with Crippen LogP contribution in [-0.4, -0.2) is 52.8 Å². The summed E-state index contributed by atoms with van der Waals surface area (Å²) in [6.45, 7) is 5.04. The third-order valence-electron chi connectivity index (χ3n) is 7.58. The molecular formula is C26H33N5O3S. The number of sulfonamides is 1. The molecule has 2 heterocycles. The first kappa shape index (κ1) is 23.9. The molecule has 8 nitrogen and oxygen atoms in total. The topological polar surface area (TPSA) is 97.2 Å². The van der Waals surface area contributed by atoms with Crippen molar-refractivity contribution in [3.05, 3.63) is 53.6 Å². The van der Waals surface area contributed by atoms with E-state index in [0.29, 0.717) is 37.4 Å². The maximum absolute atomic E-state index is 13.3. The first-order chi connectivity index (χ1) is 16.8. The third kappa shape index (κ3) is 4.84. The number of aryl methyl sites for hydroxylation is 1. The van der Waals surface area contributed by atoms with Gasteiger partial charge in [-0.1, -0.05) is 31.0 Å². The first-order valence-electron chi connectivity index (χ1n) is 12.6. The second-order valence-electron chi connectivity index (χ2n) is 10.0. The minimum Gasteiger partial charge on any atom is -0.349 e. The van der Waals surface area contributed by atoms with Crippen molar-refractivity contribution < 1.29 is 13.2 Å². The van der Waals surface area contributed by atoms with E-state index in [1.165, 1.54) is 10.7 Å². The maximum atomic E-state index is 13.3. The van der Waals surface area contributed by atoms with E-state index in [2.05, 4.69) is 22.6 Å². The zero-order chi connectivity index (χ0) is 24.6. The van der Waals surface area contributed by atoms with Crippen LogP contribution in [0.4, 0.5) is 0 Å². The lowest BCUT2D eigenvalue weighted by atomic mass is 9.86. The van der Waals surface area contributed by atoms with Crippen molar-refractivity contribution in [2.75, 3.05) is 13.1 Å². The van der Waals surface area contributed by atoms with E-state index < -0.39 is 10.0 Å². The fourth-order valence-corrected chi connectivity index (χ4v) is 6.83. The number of piperidine rings is 1. The lowest BCUT2D eigenvalue weighted by Crippen LogP contribution is -2.41. The van der Waals surface area contributed by atoms with E-state index in [4.69, 9.17) is 0 Å². The Balaban J connectivity index is 1.23. The Morgan fingerprint density at radius 1 is 1.00 bits per heavy atom. The van der Waals surface area contributed by atoms with E-state index in [1.807, 2.05) is 29.8 Å². The van der Waals surface area contributed by atoms with Crippen LogP contribution in [0.15, 0.2) is 47.4 Å². The molecule has 35 heavy (non-hydrogen) atoms. The number of nitrogens with one attached hydrogen (secondary N) is 1. The summed E-state index contributed by atoms with van der Waals surface area (Å²) in [4.78, 5) is 12.9. The molecule has 3 aromatic rings. The van der Waals surface area contributed by atoms with Crippen molar-refractivity contribution >= 4 is 27.0 Å². The van der Waals surface area contributed by atoms with Gasteiger partial charge in [-0.05, 0) is 80.5 Å². The molecule has 186 valence electrons. The minimum absolute atomic E-state index is 0.113. The summed E-state index contributed by atoms with van der Waals surface area (Å²) in [6.07, 6.45) is 5.82. The van der Waals surface area contributed by atoms with Crippen molar-refractivity contribution in [1.82, 2.24) is 24.6 Å². The molecule has 9 heteroatoms. The van der Waals surface area contributed by atoms with Crippen LogP contribution in [0, 0.1) is 12.8 Å². The highest BCUT2D eigenvalue weighted by atomic mass is 32.2. The molecule has 0 radical (unpaired) electrons. The van der Waals surface area contributed by atoms with E-state index >= 15 is 0 Å². The average molecular weight is 496 g/mol. The summed E-state index contributed by atoms with van der Waals surface area (Å²) in [6, 6.07) is 12.7. The molecule has 2 aromatic carbocycles. The fourth-order valence-electron chi connectivity index (χ4n) is 5.36. The number of aromatic nitrogens is 3. The highest BCUT2D eigenvalue weighted by molar-refractivity contribution is 7.89. The third-order valence-corrected chi connectivity index (χ3v) is 9.49. The molecule has 1 aliphatic carbocycles. The zero-order valence-corrected chi connectivity index (χ0v) is 21.2. The van der Waals surface area contributed by atoms with Gasteiger partial charge in [0.05, 0.1) is 16.5 Å². The minimum atomic E-state index is -3.62. The lowest BCUT2D eigenvalue weighted by Gasteiger charge is -2.31. The molecule has 5 rings (SSSR count). The number of rotatable bonds is 5. The quantitative estimate of drug-likeness (QED) is 0.575. The highest BCUT2D eigenvalue weighted by Crippen LogP contribution is 2.29. The molecular weight excluding hydrogens is 462 g/mol. The number of nitrogens with zero attached hydrogens (tertiary/aromatic N) is 4. The highest BCUT2D eigenvalue weighted by Gasteiger charge is 2.31. The summed E-state index contributed by atoms with van der Waals surface area (Å²) < 4.78 is 30.0. The van der Waals surface area contributed by atoms with Crippen molar-refractivity contribution in [1.29, 1.82) is 0 Å². The molecule has 0 bridgehead atoms. The Kier molecular flexibility index (Phi) is 6.63. The van der Waals surface area contributed by atoms with Gasteiger partial charge in [-0.3, -0.25) is 4.79 Å². The van der Waals surface area contributed by atoms with E-state index in [1.54, 1.807) is 24.3 Å². The van der Waals surface area contributed by atoms with Crippen molar-refractivity contribution in [2.45, 2.75) is 69.4 Å². The zero-order valence-electron chi connectivity index (χ0n) is 20.4. The molecule has 2 atom stereocenters. The van der Waals surface area contributed by atoms with Crippen molar-refractivity contribution in [3.8, 4) is 0 Å². The summed E-state index contributed by atoms with van der Waals surface area (Å²) in [5, 5.41) is 11.7. The summed E-state index contributed by atoms with van der Waals surface area (Å²) in [5.74, 6) is 0.332. The number of fused-ring (bicyclic) bond motifs is 1. The van der Waals surface area contributed by atoms with E-state index in [-0.39, 0.29) is 22.9 Å². The Labute approximate surface area is 206 Å². The van der Waals surface area contributed by atoms with Crippen LogP contribution in [0.25, 0.3) is 11.0 Å². The lowest BCUT2D eigenvalue weighted by molar-refractivity contribution is 0.0910. The van der Waals surface area contributed by atoms with Crippen molar-refractivity contribution in [3.63, 3.8) is 0 Å². The molecule has 1 aliphatic heterocycles. The number of hydrogen-bond donors (Lipinski definition) is 1. The van der Waals surface area contributed by atoms with Gasteiger partial charge >= 0.3 is 0 Å². The van der Waals surface area contributed by atoms with Gasteiger partial charge in [-0.25, -0.2) is 13.1 Å². The van der Waals surface area contributed by atoms with Crippen LogP contribution >= 0.6 is 0 Å². The SMILES string of the molecule is Cc1ccc2c(c1)nnn2C1CCN(S(=O)(=O)c2ccc(C(=O)N[C@H]3CCCC[C@H]3C)cc2)CC1. The number of amides is 1. The predicted octanol–water partition coefficient (Wildman–Crippen LogP) is 4.07. The molecule has 1 aromatic heterocycles. The van der Waals surface area contributed by atoms with Gasteiger partial charge < -0.3 is 5.32 Å². The van der Waals surface area contributed by atoms with E-state index in [9.17, 15) is 13.2 Å². The second-order valence-corrected chi connectivity index (χ2v) is 12.0. The molecule has 1 saturated heterocycles. The number of benzene rings is 2. The maximum Gasteiger partial charge on any atom is 0.251 e. The Morgan fingerprint density at radius 2 is 1.71 bits per heavy atom. The molecule has 1 saturated carbocycles. The van der Waals surface area contributed by atoms with Crippen LogP contribution in [0.5, 0.6) is 0 Å². The van der Waals surface area contributed by atoms with Gasteiger partial charge in [0, 0.05) is 24.7 Å². The summed E-state index contributed by atoms with van der Waals surface area (Å²) >= 11 is 0. The van der Waals surface area contributed by atoms with Crippen molar-refractivity contribution in [2.24, 2.45) is 5.92 Å². The van der Waals surface area contributed by atoms with Gasteiger partial charge in [0.2, 0.25) is 10.0 Å². The molecule has 2 aliphatic rings. The molecule has 0 spiro atoms. The smallest absolute Gasteiger partial charge is 0.251 e. The van der Waals surface area contributed by atoms with Gasteiger partial charge in [-0.15, -0.1) is 5.10 Å². The number of carbonyl (C=O) groups is 1. The van der Waals surface area contributed by atoms with E-state index in [0.717, 1.165) is 35.9 Å².